The van der Waals surface area contributed by atoms with Gasteiger partial charge in [0, 0.05) is 30.9 Å². The number of carbonyl (C=O) groups is 2. The summed E-state index contributed by atoms with van der Waals surface area (Å²) in [5.74, 6) is -0.790. The van der Waals surface area contributed by atoms with Gasteiger partial charge in [0.05, 0.1) is 18.4 Å². The summed E-state index contributed by atoms with van der Waals surface area (Å²) in [6.45, 7) is 0.762. The zero-order valence-corrected chi connectivity index (χ0v) is 15.2. The van der Waals surface area contributed by atoms with Gasteiger partial charge < -0.3 is 19.9 Å². The third-order valence-electron chi connectivity index (χ3n) is 5.21. The number of hydrogen-bond donors (Lipinski definition) is 1. The largest absolute Gasteiger partial charge is 0.494 e. The Morgan fingerprint density at radius 1 is 1.26 bits per heavy atom. The molecule has 2 aromatic rings. The Morgan fingerprint density at radius 3 is 2.81 bits per heavy atom. The highest BCUT2D eigenvalue weighted by molar-refractivity contribution is 6.08. The van der Waals surface area contributed by atoms with E-state index in [1.807, 2.05) is 16.8 Å². The molecular weight excluding hydrogens is 349 g/mol. The van der Waals surface area contributed by atoms with Crippen molar-refractivity contribution in [3.8, 4) is 5.75 Å². The Morgan fingerprint density at radius 2 is 2.07 bits per heavy atom. The van der Waals surface area contributed by atoms with Crippen LogP contribution in [0.15, 0.2) is 36.4 Å². The van der Waals surface area contributed by atoms with Gasteiger partial charge in [-0.15, -0.1) is 0 Å². The van der Waals surface area contributed by atoms with Gasteiger partial charge in [-0.2, -0.15) is 0 Å². The average molecular weight is 369 g/mol. The summed E-state index contributed by atoms with van der Waals surface area (Å²) in [5, 5.41) is 2.68. The van der Waals surface area contributed by atoms with Crippen LogP contribution in [0, 0.1) is 5.82 Å². The minimum absolute atomic E-state index is 0.00906. The minimum atomic E-state index is -0.549. The van der Waals surface area contributed by atoms with Gasteiger partial charge in [0.1, 0.15) is 6.17 Å². The molecule has 2 aliphatic rings. The van der Waals surface area contributed by atoms with E-state index in [2.05, 4.69) is 5.32 Å². The second kappa shape index (κ2) is 6.57. The van der Waals surface area contributed by atoms with Gasteiger partial charge >= 0.3 is 0 Å². The van der Waals surface area contributed by atoms with E-state index >= 15 is 0 Å². The first-order chi connectivity index (χ1) is 13.0. The molecule has 1 saturated heterocycles. The molecule has 2 aromatic carbocycles. The fraction of sp³-hybridized carbons (Fsp3) is 0.300. The molecule has 7 heteroatoms. The summed E-state index contributed by atoms with van der Waals surface area (Å²) >= 11 is 0. The van der Waals surface area contributed by atoms with Gasteiger partial charge in [0.15, 0.2) is 11.6 Å². The van der Waals surface area contributed by atoms with Gasteiger partial charge in [-0.25, -0.2) is 4.39 Å². The topological polar surface area (TPSA) is 61.9 Å². The van der Waals surface area contributed by atoms with Crippen LogP contribution in [-0.2, 0) is 0 Å². The highest BCUT2D eigenvalue weighted by Crippen LogP contribution is 2.35. The molecule has 2 heterocycles. The Kier molecular flexibility index (Phi) is 4.22. The standard InChI is InChI=1S/C20H20FN3O3/c1-23-16-10-12(5-7-14(16)20(26)24-9-3-4-18(23)24)19(25)22-13-6-8-17(27-2)15(21)11-13/h5-8,10-11,18H,3-4,9H2,1-2H3,(H,22,25)/t18-/m0/s1. The number of ether oxygens (including phenoxy) is 1. The van der Waals surface area contributed by atoms with Crippen LogP contribution in [0.1, 0.15) is 33.6 Å². The van der Waals surface area contributed by atoms with Crippen molar-refractivity contribution in [1.82, 2.24) is 4.90 Å². The summed E-state index contributed by atoms with van der Waals surface area (Å²) < 4.78 is 18.7. The lowest BCUT2D eigenvalue weighted by Gasteiger charge is -2.40. The number of halogens is 1. The number of nitrogens with one attached hydrogen (secondary N) is 1. The average Bonchev–Trinajstić information content (AvgIpc) is 3.16. The van der Waals surface area contributed by atoms with Crippen molar-refractivity contribution in [1.29, 1.82) is 0 Å². The molecule has 140 valence electrons. The van der Waals surface area contributed by atoms with Crippen LogP contribution in [0.3, 0.4) is 0 Å². The summed E-state index contributed by atoms with van der Waals surface area (Å²) in [6, 6.07) is 9.27. The van der Waals surface area contributed by atoms with E-state index in [1.165, 1.54) is 19.2 Å². The molecule has 0 bridgehead atoms. The molecule has 0 saturated carbocycles. The SMILES string of the molecule is COc1ccc(NC(=O)c2ccc3c(c2)N(C)[C@@H]2CCCN2C3=O)cc1F. The molecule has 0 aliphatic carbocycles. The van der Waals surface area contributed by atoms with E-state index in [9.17, 15) is 14.0 Å². The lowest BCUT2D eigenvalue weighted by molar-refractivity contribution is 0.0719. The van der Waals surface area contributed by atoms with Gasteiger partial charge in [0.25, 0.3) is 11.8 Å². The number of fused-ring (bicyclic) bond motifs is 2. The fourth-order valence-corrected chi connectivity index (χ4v) is 3.80. The van der Waals surface area contributed by atoms with Crippen LogP contribution in [0.25, 0.3) is 0 Å². The lowest BCUT2D eigenvalue weighted by Crippen LogP contribution is -2.50. The maximum absolute atomic E-state index is 13.8. The Bertz CT molecular complexity index is 931. The number of carbonyl (C=O) groups excluding carboxylic acids is 2. The maximum Gasteiger partial charge on any atom is 0.257 e. The number of nitrogens with zero attached hydrogens (tertiary/aromatic N) is 2. The zero-order chi connectivity index (χ0) is 19.1. The molecule has 6 nitrogen and oxygen atoms in total. The van der Waals surface area contributed by atoms with Crippen LogP contribution in [-0.4, -0.2) is 43.6 Å². The van der Waals surface area contributed by atoms with Gasteiger partial charge in [0.2, 0.25) is 0 Å². The van der Waals surface area contributed by atoms with Gasteiger partial charge in [-0.1, -0.05) is 0 Å². The van der Waals surface area contributed by atoms with Crippen molar-refractivity contribution in [3.05, 3.63) is 53.3 Å². The fourth-order valence-electron chi connectivity index (χ4n) is 3.80. The van der Waals surface area contributed by atoms with E-state index in [0.29, 0.717) is 16.8 Å². The van der Waals surface area contributed by atoms with Crippen molar-refractivity contribution in [2.45, 2.75) is 19.0 Å². The van der Waals surface area contributed by atoms with E-state index in [0.717, 1.165) is 25.1 Å². The molecule has 2 aliphatic heterocycles. The molecule has 4 rings (SSSR count). The van der Waals surface area contributed by atoms with Crippen LogP contribution in [0.5, 0.6) is 5.75 Å². The summed E-state index contributed by atoms with van der Waals surface area (Å²) in [4.78, 5) is 29.2. The van der Waals surface area contributed by atoms with E-state index in [1.54, 1.807) is 24.3 Å². The van der Waals surface area contributed by atoms with Crippen molar-refractivity contribution < 1.29 is 18.7 Å². The third-order valence-corrected chi connectivity index (χ3v) is 5.21. The van der Waals surface area contributed by atoms with Gasteiger partial charge in [-0.05, 0) is 43.2 Å². The van der Waals surface area contributed by atoms with Crippen molar-refractivity contribution in [3.63, 3.8) is 0 Å². The van der Waals surface area contributed by atoms with Crippen molar-refractivity contribution >= 4 is 23.2 Å². The Balaban J connectivity index is 1.60. The van der Waals surface area contributed by atoms with E-state index in [-0.39, 0.29) is 23.7 Å². The third kappa shape index (κ3) is 2.89. The van der Waals surface area contributed by atoms with E-state index in [4.69, 9.17) is 4.74 Å². The predicted octanol–water partition coefficient (Wildman–Crippen LogP) is 3.10. The molecule has 2 amide bonds. The van der Waals surface area contributed by atoms with Crippen LogP contribution >= 0.6 is 0 Å². The predicted molar refractivity (Wildman–Crippen MR) is 99.8 cm³/mol. The monoisotopic (exact) mass is 369 g/mol. The first-order valence-corrected chi connectivity index (χ1v) is 8.82. The van der Waals surface area contributed by atoms with Crippen LogP contribution in [0.2, 0.25) is 0 Å². The smallest absolute Gasteiger partial charge is 0.257 e. The minimum Gasteiger partial charge on any atom is -0.494 e. The summed E-state index contributed by atoms with van der Waals surface area (Å²) in [5.41, 5.74) is 2.10. The quantitative estimate of drug-likeness (QED) is 0.903. The lowest BCUT2D eigenvalue weighted by atomic mass is 10.0. The molecule has 0 unspecified atom stereocenters. The number of anilines is 2. The second-order valence-corrected chi connectivity index (χ2v) is 6.77. The normalized spacial score (nSPS) is 18.2. The molecule has 1 N–H and O–H groups in total. The molecular formula is C20H20FN3O3. The molecule has 0 aromatic heterocycles. The first-order valence-electron chi connectivity index (χ1n) is 8.82. The number of hydrogen-bond acceptors (Lipinski definition) is 4. The van der Waals surface area contributed by atoms with Gasteiger partial charge in [-0.3, -0.25) is 9.59 Å². The molecule has 27 heavy (non-hydrogen) atoms. The Labute approximate surface area is 156 Å². The van der Waals surface area contributed by atoms with Crippen LogP contribution in [0.4, 0.5) is 15.8 Å². The summed E-state index contributed by atoms with van der Waals surface area (Å²) in [6.07, 6.45) is 1.94. The number of rotatable bonds is 3. The molecule has 1 atom stereocenters. The second-order valence-electron chi connectivity index (χ2n) is 6.77. The molecule has 0 spiro atoms. The molecule has 1 fully saturated rings. The van der Waals surface area contributed by atoms with Crippen LogP contribution < -0.4 is 15.0 Å². The van der Waals surface area contributed by atoms with E-state index < -0.39 is 5.82 Å². The first kappa shape index (κ1) is 17.3. The number of amides is 2. The highest BCUT2D eigenvalue weighted by Gasteiger charge is 2.38. The Hall–Kier alpha value is -3.09. The number of methoxy groups -OCH3 is 1. The highest BCUT2D eigenvalue weighted by atomic mass is 19.1. The van der Waals surface area contributed by atoms with Crippen molar-refractivity contribution in [2.24, 2.45) is 0 Å². The van der Waals surface area contributed by atoms with Crippen molar-refractivity contribution in [2.75, 3.05) is 30.9 Å². The maximum atomic E-state index is 13.8. The number of benzene rings is 2. The summed E-state index contributed by atoms with van der Waals surface area (Å²) in [7, 11) is 3.32. The molecule has 0 radical (unpaired) electrons. The zero-order valence-electron chi connectivity index (χ0n) is 15.2.